The summed E-state index contributed by atoms with van der Waals surface area (Å²) in [5.41, 5.74) is 2.53. The molecule has 0 saturated carbocycles. The molecule has 1 aromatic heterocycles. The summed E-state index contributed by atoms with van der Waals surface area (Å²) >= 11 is 0. The van der Waals surface area contributed by atoms with Crippen molar-refractivity contribution in [1.29, 1.82) is 0 Å². The van der Waals surface area contributed by atoms with Gasteiger partial charge in [-0.2, -0.15) is 0 Å². The van der Waals surface area contributed by atoms with Gasteiger partial charge in [0.1, 0.15) is 0 Å². The van der Waals surface area contributed by atoms with Gasteiger partial charge in [0.25, 0.3) is 0 Å². The topological polar surface area (TPSA) is 34.2 Å². The Kier molecular flexibility index (Phi) is 3.56. The Morgan fingerprint density at radius 1 is 1.56 bits per heavy atom. The molecule has 0 spiro atoms. The van der Waals surface area contributed by atoms with E-state index in [1.807, 2.05) is 19.4 Å². The molecule has 0 bridgehead atoms. The zero-order chi connectivity index (χ0) is 11.5. The average Bonchev–Trinajstić information content (AvgIpc) is 2.69. The van der Waals surface area contributed by atoms with Crippen LogP contribution < -0.4 is 5.32 Å². The fraction of sp³-hybridized carbons (Fsp3) is 0.615. The maximum absolute atomic E-state index is 5.84. The van der Waals surface area contributed by atoms with Gasteiger partial charge in [0.15, 0.2) is 0 Å². The van der Waals surface area contributed by atoms with E-state index >= 15 is 0 Å². The van der Waals surface area contributed by atoms with E-state index in [0.29, 0.717) is 5.92 Å². The standard InChI is InChI=1S/C13H20N2O/c1-9-4-6-15-8-11(9)12(14-3)13-10(2)5-7-16-13/h4,6,8,10,12-14H,5,7H2,1-3H3. The molecule has 0 aliphatic carbocycles. The molecule has 3 heteroatoms. The molecule has 0 radical (unpaired) electrons. The van der Waals surface area contributed by atoms with E-state index in [2.05, 4.69) is 30.2 Å². The molecule has 88 valence electrons. The highest BCUT2D eigenvalue weighted by Gasteiger charge is 2.32. The first-order chi connectivity index (χ1) is 7.74. The number of hydrogen-bond donors (Lipinski definition) is 1. The number of nitrogens with one attached hydrogen (secondary N) is 1. The highest BCUT2D eigenvalue weighted by molar-refractivity contribution is 5.26. The summed E-state index contributed by atoms with van der Waals surface area (Å²) in [6.07, 6.45) is 5.21. The van der Waals surface area contributed by atoms with Gasteiger partial charge >= 0.3 is 0 Å². The van der Waals surface area contributed by atoms with Gasteiger partial charge in [-0.3, -0.25) is 4.98 Å². The van der Waals surface area contributed by atoms with Crippen molar-refractivity contribution in [2.45, 2.75) is 32.4 Å². The van der Waals surface area contributed by atoms with Gasteiger partial charge in [-0.25, -0.2) is 0 Å². The lowest BCUT2D eigenvalue weighted by Gasteiger charge is -2.27. The van der Waals surface area contributed by atoms with E-state index < -0.39 is 0 Å². The van der Waals surface area contributed by atoms with Crippen LogP contribution in [-0.2, 0) is 4.74 Å². The van der Waals surface area contributed by atoms with Crippen molar-refractivity contribution >= 4 is 0 Å². The van der Waals surface area contributed by atoms with Crippen LogP contribution in [0.3, 0.4) is 0 Å². The highest BCUT2D eigenvalue weighted by Crippen LogP contribution is 2.31. The predicted molar refractivity (Wildman–Crippen MR) is 64.3 cm³/mol. The Labute approximate surface area is 97.2 Å². The van der Waals surface area contributed by atoms with Gasteiger partial charge in [0.05, 0.1) is 12.1 Å². The highest BCUT2D eigenvalue weighted by atomic mass is 16.5. The third kappa shape index (κ3) is 2.11. The van der Waals surface area contributed by atoms with E-state index in [4.69, 9.17) is 4.74 Å². The quantitative estimate of drug-likeness (QED) is 0.846. The van der Waals surface area contributed by atoms with E-state index in [0.717, 1.165) is 13.0 Å². The summed E-state index contributed by atoms with van der Waals surface area (Å²) in [6.45, 7) is 5.26. The second-order valence-corrected chi connectivity index (χ2v) is 4.60. The predicted octanol–water partition coefficient (Wildman–Crippen LogP) is 2.08. The maximum atomic E-state index is 5.84. The van der Waals surface area contributed by atoms with Gasteiger partial charge in [0.2, 0.25) is 0 Å². The van der Waals surface area contributed by atoms with Crippen LogP contribution in [0.2, 0.25) is 0 Å². The molecule has 2 rings (SSSR count). The van der Waals surface area contributed by atoms with Gasteiger partial charge < -0.3 is 10.1 Å². The van der Waals surface area contributed by atoms with Gasteiger partial charge in [-0.1, -0.05) is 6.92 Å². The summed E-state index contributed by atoms with van der Waals surface area (Å²) in [5, 5.41) is 3.37. The van der Waals surface area contributed by atoms with Crippen LogP contribution in [0.15, 0.2) is 18.5 Å². The SMILES string of the molecule is CNC(c1cnccc1C)C1OCCC1C. The zero-order valence-corrected chi connectivity index (χ0v) is 10.2. The molecule has 1 aliphatic heterocycles. The molecular weight excluding hydrogens is 200 g/mol. The number of likely N-dealkylation sites (N-methyl/N-ethyl adjacent to an activating group) is 1. The number of nitrogens with zero attached hydrogens (tertiary/aromatic N) is 1. The van der Waals surface area contributed by atoms with E-state index in [9.17, 15) is 0 Å². The molecule has 3 nitrogen and oxygen atoms in total. The Morgan fingerprint density at radius 2 is 2.38 bits per heavy atom. The van der Waals surface area contributed by atoms with Crippen molar-refractivity contribution in [3.05, 3.63) is 29.6 Å². The fourth-order valence-corrected chi connectivity index (χ4v) is 2.44. The minimum absolute atomic E-state index is 0.256. The molecule has 1 saturated heterocycles. The normalized spacial score (nSPS) is 26.9. The summed E-state index contributed by atoms with van der Waals surface area (Å²) in [4.78, 5) is 4.22. The largest absolute Gasteiger partial charge is 0.376 e. The van der Waals surface area contributed by atoms with Crippen molar-refractivity contribution < 1.29 is 4.74 Å². The Balaban J connectivity index is 2.25. The number of aryl methyl sites for hydroxylation is 1. The third-order valence-electron chi connectivity index (χ3n) is 3.50. The summed E-state index contributed by atoms with van der Waals surface area (Å²) in [6, 6.07) is 2.31. The molecule has 1 N–H and O–H groups in total. The van der Waals surface area contributed by atoms with Crippen LogP contribution >= 0.6 is 0 Å². The Hall–Kier alpha value is -0.930. The fourth-order valence-electron chi connectivity index (χ4n) is 2.44. The first kappa shape index (κ1) is 11.6. The maximum Gasteiger partial charge on any atom is 0.0796 e. The minimum atomic E-state index is 0.256. The molecule has 1 aromatic rings. The summed E-state index contributed by atoms with van der Waals surface area (Å²) in [5.74, 6) is 0.608. The Morgan fingerprint density at radius 3 is 2.94 bits per heavy atom. The van der Waals surface area contributed by atoms with Crippen LogP contribution in [0.4, 0.5) is 0 Å². The van der Waals surface area contributed by atoms with Crippen LogP contribution in [0.5, 0.6) is 0 Å². The van der Waals surface area contributed by atoms with Gasteiger partial charge in [-0.15, -0.1) is 0 Å². The lowest BCUT2D eigenvalue weighted by Crippen LogP contribution is -2.33. The van der Waals surface area contributed by atoms with Crippen LogP contribution in [-0.4, -0.2) is 24.7 Å². The molecular formula is C13H20N2O. The molecule has 1 aliphatic rings. The summed E-state index contributed by atoms with van der Waals surface area (Å²) in [7, 11) is 1.99. The lowest BCUT2D eigenvalue weighted by molar-refractivity contribution is 0.0628. The van der Waals surface area contributed by atoms with Crippen molar-refractivity contribution in [2.24, 2.45) is 5.92 Å². The monoisotopic (exact) mass is 220 g/mol. The molecule has 16 heavy (non-hydrogen) atoms. The molecule has 3 atom stereocenters. The van der Waals surface area contributed by atoms with Crippen molar-refractivity contribution in [2.75, 3.05) is 13.7 Å². The van der Waals surface area contributed by atoms with Crippen LogP contribution in [0, 0.1) is 12.8 Å². The van der Waals surface area contributed by atoms with Gasteiger partial charge in [-0.05, 0) is 43.5 Å². The minimum Gasteiger partial charge on any atom is -0.376 e. The zero-order valence-electron chi connectivity index (χ0n) is 10.2. The van der Waals surface area contributed by atoms with Crippen molar-refractivity contribution in [3.63, 3.8) is 0 Å². The van der Waals surface area contributed by atoms with Crippen molar-refractivity contribution in [1.82, 2.24) is 10.3 Å². The molecule has 2 heterocycles. The smallest absolute Gasteiger partial charge is 0.0796 e. The van der Waals surface area contributed by atoms with Crippen LogP contribution in [0.1, 0.15) is 30.5 Å². The number of hydrogen-bond acceptors (Lipinski definition) is 3. The second-order valence-electron chi connectivity index (χ2n) is 4.60. The third-order valence-corrected chi connectivity index (χ3v) is 3.50. The molecule has 3 unspecified atom stereocenters. The van der Waals surface area contributed by atoms with Gasteiger partial charge in [0, 0.05) is 19.0 Å². The van der Waals surface area contributed by atoms with E-state index in [1.54, 1.807) is 0 Å². The number of pyridine rings is 1. The second kappa shape index (κ2) is 4.93. The number of aromatic nitrogens is 1. The molecule has 0 amide bonds. The number of ether oxygens (including phenoxy) is 1. The first-order valence-electron chi connectivity index (χ1n) is 5.93. The lowest BCUT2D eigenvalue weighted by atomic mass is 9.91. The average molecular weight is 220 g/mol. The Bertz CT molecular complexity index is 354. The molecule has 1 fully saturated rings. The van der Waals surface area contributed by atoms with E-state index in [-0.39, 0.29) is 12.1 Å². The first-order valence-corrected chi connectivity index (χ1v) is 5.93. The van der Waals surface area contributed by atoms with E-state index in [1.165, 1.54) is 11.1 Å². The van der Waals surface area contributed by atoms with Crippen LogP contribution in [0.25, 0.3) is 0 Å². The molecule has 0 aromatic carbocycles. The summed E-state index contributed by atoms with van der Waals surface area (Å²) < 4.78 is 5.84. The number of rotatable bonds is 3. The van der Waals surface area contributed by atoms with Crippen molar-refractivity contribution in [3.8, 4) is 0 Å².